The van der Waals surface area contributed by atoms with E-state index < -0.39 is 15.8 Å². The van der Waals surface area contributed by atoms with Crippen LogP contribution in [0, 0.1) is 6.92 Å². The number of carboxylic acid groups (broad SMARTS) is 1. The SMILES string of the molecule is Cc1cnn(-c2ccc(S(C)(=O)=O)cc2C(=O)O)c1. The predicted molar refractivity (Wildman–Crippen MR) is 68.4 cm³/mol. The van der Waals surface area contributed by atoms with Gasteiger partial charge in [-0.1, -0.05) is 0 Å². The minimum atomic E-state index is -3.45. The minimum Gasteiger partial charge on any atom is -0.478 e. The van der Waals surface area contributed by atoms with Crippen LogP contribution in [0.15, 0.2) is 35.5 Å². The molecule has 0 unspecified atom stereocenters. The first-order chi connectivity index (χ1) is 8.79. The van der Waals surface area contributed by atoms with Crippen molar-refractivity contribution >= 4 is 15.8 Å². The molecule has 2 aromatic rings. The monoisotopic (exact) mass is 280 g/mol. The van der Waals surface area contributed by atoms with Crippen molar-refractivity contribution in [3.63, 3.8) is 0 Å². The summed E-state index contributed by atoms with van der Waals surface area (Å²) in [6.45, 7) is 1.83. The number of sulfone groups is 1. The van der Waals surface area contributed by atoms with Gasteiger partial charge >= 0.3 is 5.97 Å². The molecule has 2 rings (SSSR count). The second kappa shape index (κ2) is 4.51. The summed E-state index contributed by atoms with van der Waals surface area (Å²) < 4.78 is 24.3. The van der Waals surface area contributed by atoms with Crippen molar-refractivity contribution < 1.29 is 18.3 Å². The van der Waals surface area contributed by atoms with Crippen molar-refractivity contribution in [3.05, 3.63) is 41.7 Å². The van der Waals surface area contributed by atoms with Crippen molar-refractivity contribution in [2.45, 2.75) is 11.8 Å². The fraction of sp³-hybridized carbons (Fsp3) is 0.167. The van der Waals surface area contributed by atoms with E-state index in [9.17, 15) is 18.3 Å². The second-order valence-electron chi connectivity index (χ2n) is 4.22. The summed E-state index contributed by atoms with van der Waals surface area (Å²) in [4.78, 5) is 11.2. The lowest BCUT2D eigenvalue weighted by molar-refractivity contribution is 0.0696. The number of aryl methyl sites for hydroxylation is 1. The Morgan fingerprint density at radius 2 is 2.05 bits per heavy atom. The number of carboxylic acids is 1. The van der Waals surface area contributed by atoms with Crippen molar-refractivity contribution in [1.82, 2.24) is 9.78 Å². The van der Waals surface area contributed by atoms with Crippen LogP contribution < -0.4 is 0 Å². The Kier molecular flexibility index (Phi) is 3.15. The van der Waals surface area contributed by atoms with Crippen LogP contribution in [0.25, 0.3) is 5.69 Å². The molecule has 0 aliphatic rings. The number of aromatic nitrogens is 2. The lowest BCUT2D eigenvalue weighted by atomic mass is 10.2. The molecule has 0 aliphatic carbocycles. The summed E-state index contributed by atoms with van der Waals surface area (Å²) in [6.07, 6.45) is 4.30. The largest absolute Gasteiger partial charge is 0.478 e. The van der Waals surface area contributed by atoms with E-state index in [1.54, 1.807) is 12.4 Å². The molecule has 0 saturated heterocycles. The van der Waals surface area contributed by atoms with E-state index in [2.05, 4.69) is 5.10 Å². The number of benzene rings is 1. The van der Waals surface area contributed by atoms with Crippen LogP contribution in [0.3, 0.4) is 0 Å². The Labute approximate surface area is 110 Å². The van der Waals surface area contributed by atoms with Crippen LogP contribution in [0.5, 0.6) is 0 Å². The Hall–Kier alpha value is -2.15. The molecule has 0 spiro atoms. The lowest BCUT2D eigenvalue weighted by Gasteiger charge is -2.08. The van der Waals surface area contributed by atoms with Gasteiger partial charge < -0.3 is 5.11 Å². The van der Waals surface area contributed by atoms with Crippen LogP contribution in [-0.4, -0.2) is 35.5 Å². The normalized spacial score (nSPS) is 11.5. The fourth-order valence-electron chi connectivity index (χ4n) is 1.66. The van der Waals surface area contributed by atoms with Crippen LogP contribution >= 0.6 is 0 Å². The smallest absolute Gasteiger partial charge is 0.337 e. The molecule has 0 fully saturated rings. The number of carbonyl (C=O) groups is 1. The van der Waals surface area contributed by atoms with Gasteiger partial charge in [-0.2, -0.15) is 5.10 Å². The predicted octanol–water partition coefficient (Wildman–Crippen LogP) is 1.28. The number of hydrogen-bond acceptors (Lipinski definition) is 4. The molecule has 6 nitrogen and oxygen atoms in total. The summed E-state index contributed by atoms with van der Waals surface area (Å²) in [7, 11) is -3.45. The molecule has 1 N–H and O–H groups in total. The number of aromatic carboxylic acids is 1. The highest BCUT2D eigenvalue weighted by Gasteiger charge is 2.17. The Morgan fingerprint density at radius 3 is 2.53 bits per heavy atom. The Morgan fingerprint density at radius 1 is 1.37 bits per heavy atom. The van der Waals surface area contributed by atoms with Crippen LogP contribution in [0.4, 0.5) is 0 Å². The van der Waals surface area contributed by atoms with Gasteiger partial charge in [-0.15, -0.1) is 0 Å². The first kappa shape index (κ1) is 13.3. The number of nitrogens with zero attached hydrogens (tertiary/aromatic N) is 2. The molecular formula is C12H12N2O4S. The number of rotatable bonds is 3. The van der Waals surface area contributed by atoms with Gasteiger partial charge in [-0.25, -0.2) is 17.9 Å². The first-order valence-electron chi connectivity index (χ1n) is 5.38. The molecule has 1 aromatic heterocycles. The van der Waals surface area contributed by atoms with Gasteiger partial charge in [0.1, 0.15) is 0 Å². The molecule has 0 bridgehead atoms. The molecule has 1 heterocycles. The highest BCUT2D eigenvalue weighted by atomic mass is 32.2. The molecule has 0 radical (unpaired) electrons. The van der Waals surface area contributed by atoms with Crippen molar-refractivity contribution in [1.29, 1.82) is 0 Å². The van der Waals surface area contributed by atoms with Gasteiger partial charge in [-0.3, -0.25) is 0 Å². The van der Waals surface area contributed by atoms with Gasteiger partial charge in [0.25, 0.3) is 0 Å². The van der Waals surface area contributed by atoms with E-state index in [0.29, 0.717) is 5.69 Å². The molecule has 100 valence electrons. The lowest BCUT2D eigenvalue weighted by Crippen LogP contribution is -2.08. The van der Waals surface area contributed by atoms with E-state index in [4.69, 9.17) is 0 Å². The van der Waals surface area contributed by atoms with Crippen LogP contribution in [0.1, 0.15) is 15.9 Å². The number of hydrogen-bond donors (Lipinski definition) is 1. The quantitative estimate of drug-likeness (QED) is 0.914. The topological polar surface area (TPSA) is 89.3 Å². The van der Waals surface area contributed by atoms with Crippen LogP contribution in [0.2, 0.25) is 0 Å². The zero-order valence-electron chi connectivity index (χ0n) is 10.4. The maximum atomic E-state index is 11.4. The Balaban J connectivity index is 2.66. The van der Waals surface area contributed by atoms with Crippen molar-refractivity contribution in [2.24, 2.45) is 0 Å². The van der Waals surface area contributed by atoms with Gasteiger partial charge in [-0.05, 0) is 30.7 Å². The summed E-state index contributed by atoms with van der Waals surface area (Å²) in [5.74, 6) is -1.20. The molecule has 0 saturated carbocycles. The summed E-state index contributed by atoms with van der Waals surface area (Å²) in [6, 6.07) is 3.95. The van der Waals surface area contributed by atoms with Gasteiger partial charge in [0.2, 0.25) is 0 Å². The van der Waals surface area contributed by atoms with E-state index in [1.165, 1.54) is 16.8 Å². The molecule has 7 heteroatoms. The second-order valence-corrected chi connectivity index (χ2v) is 6.23. The molecule has 0 atom stereocenters. The molecule has 0 aliphatic heterocycles. The molecule has 0 amide bonds. The molecular weight excluding hydrogens is 268 g/mol. The van der Waals surface area contributed by atoms with Gasteiger partial charge in [0.15, 0.2) is 9.84 Å². The van der Waals surface area contributed by atoms with E-state index in [0.717, 1.165) is 17.9 Å². The average Bonchev–Trinajstić information content (AvgIpc) is 2.73. The maximum absolute atomic E-state index is 11.4. The van der Waals surface area contributed by atoms with E-state index >= 15 is 0 Å². The highest BCUT2D eigenvalue weighted by Crippen LogP contribution is 2.19. The fourth-order valence-corrected chi connectivity index (χ4v) is 2.31. The standard InChI is InChI=1S/C12H12N2O4S/c1-8-6-13-14(7-8)11-4-3-9(19(2,17)18)5-10(11)12(15)16/h3-7H,1-2H3,(H,15,16). The Bertz CT molecular complexity index is 747. The van der Waals surface area contributed by atoms with Gasteiger partial charge in [0.05, 0.1) is 22.3 Å². The third kappa shape index (κ3) is 2.65. The zero-order valence-corrected chi connectivity index (χ0v) is 11.2. The van der Waals surface area contributed by atoms with E-state index in [-0.39, 0.29) is 10.5 Å². The first-order valence-corrected chi connectivity index (χ1v) is 7.27. The summed E-state index contributed by atoms with van der Waals surface area (Å²) in [5.41, 5.74) is 1.10. The molecule has 1 aromatic carbocycles. The molecule has 19 heavy (non-hydrogen) atoms. The van der Waals surface area contributed by atoms with Crippen LogP contribution in [-0.2, 0) is 9.84 Å². The van der Waals surface area contributed by atoms with Gasteiger partial charge in [0, 0.05) is 12.5 Å². The summed E-state index contributed by atoms with van der Waals surface area (Å²) in [5, 5.41) is 13.2. The summed E-state index contributed by atoms with van der Waals surface area (Å²) >= 11 is 0. The van der Waals surface area contributed by atoms with Crippen molar-refractivity contribution in [3.8, 4) is 5.69 Å². The average molecular weight is 280 g/mol. The highest BCUT2D eigenvalue weighted by molar-refractivity contribution is 7.90. The maximum Gasteiger partial charge on any atom is 0.337 e. The van der Waals surface area contributed by atoms with E-state index in [1.807, 2.05) is 6.92 Å². The third-order valence-corrected chi connectivity index (χ3v) is 3.70. The van der Waals surface area contributed by atoms with Crippen molar-refractivity contribution in [2.75, 3.05) is 6.26 Å². The zero-order chi connectivity index (χ0) is 14.2. The minimum absolute atomic E-state index is 0.0301. The third-order valence-electron chi connectivity index (χ3n) is 2.59.